The third-order valence-electron chi connectivity index (χ3n) is 8.97. The van der Waals surface area contributed by atoms with E-state index in [0.29, 0.717) is 17.6 Å². The molecule has 0 N–H and O–H groups in total. The van der Waals surface area contributed by atoms with Gasteiger partial charge in [0.05, 0.1) is 16.7 Å². The summed E-state index contributed by atoms with van der Waals surface area (Å²) >= 11 is 0. The molecule has 9 rings (SSSR count). The van der Waals surface area contributed by atoms with Crippen molar-refractivity contribution in [1.29, 1.82) is 0 Å². The van der Waals surface area contributed by atoms with Gasteiger partial charge in [-0.3, -0.25) is 9.13 Å². The van der Waals surface area contributed by atoms with Crippen molar-refractivity contribution in [1.82, 2.24) is 24.1 Å². The largest absolute Gasteiger partial charge is 0.294 e. The molecule has 0 spiro atoms. The second kappa shape index (κ2) is 8.73. The Morgan fingerprint density at radius 1 is 0.512 bits per heavy atom. The summed E-state index contributed by atoms with van der Waals surface area (Å²) in [6, 6.07) is 44.5. The van der Waals surface area contributed by atoms with Crippen LogP contribution in [0.15, 0.2) is 127 Å². The molecule has 8 aromatic rings. The average Bonchev–Trinajstić information content (AvgIpc) is 3.58. The molecular formula is C38H27N5. The first-order valence-corrected chi connectivity index (χ1v) is 14.7. The molecule has 0 fully saturated rings. The number of rotatable bonds is 3. The zero-order valence-electron chi connectivity index (χ0n) is 23.9. The molecule has 5 aromatic carbocycles. The number of para-hydroxylation sites is 3. The van der Waals surface area contributed by atoms with Crippen molar-refractivity contribution in [2.24, 2.45) is 0 Å². The summed E-state index contributed by atoms with van der Waals surface area (Å²) in [4.78, 5) is 15.3. The minimum Gasteiger partial charge on any atom is -0.294 e. The fraction of sp³-hybridized carbons (Fsp3) is 0.0789. The molecule has 5 heteroatoms. The highest BCUT2D eigenvalue weighted by Gasteiger charge is 2.36. The minimum absolute atomic E-state index is 0.142. The quantitative estimate of drug-likeness (QED) is 0.220. The highest BCUT2D eigenvalue weighted by Crippen LogP contribution is 2.49. The maximum atomic E-state index is 5.17. The highest BCUT2D eigenvalue weighted by atomic mass is 15.2. The van der Waals surface area contributed by atoms with Crippen LogP contribution in [0.3, 0.4) is 0 Å². The summed E-state index contributed by atoms with van der Waals surface area (Å²) in [6.07, 6.45) is 0. The van der Waals surface area contributed by atoms with Gasteiger partial charge in [0, 0.05) is 32.7 Å². The lowest BCUT2D eigenvalue weighted by Gasteiger charge is -2.34. The Bertz CT molecular complexity index is 2300. The maximum absolute atomic E-state index is 5.17. The molecule has 0 radical (unpaired) electrons. The summed E-state index contributed by atoms with van der Waals surface area (Å²) in [5.74, 6) is 1.89. The van der Waals surface area contributed by atoms with Gasteiger partial charge in [0.1, 0.15) is 5.65 Å². The van der Waals surface area contributed by atoms with E-state index in [9.17, 15) is 0 Å². The molecule has 0 amide bonds. The lowest BCUT2D eigenvalue weighted by Crippen LogP contribution is -2.26. The Morgan fingerprint density at radius 3 is 1.81 bits per heavy atom. The SMILES string of the molecule is CC1(C)c2ccccc2-n2c3c1cccc3c1c3ccccc3n(-c3nc(-c4ccccc4)nc(-c4ccccc4)n3)c12. The van der Waals surface area contributed by atoms with E-state index in [0.717, 1.165) is 22.3 Å². The van der Waals surface area contributed by atoms with Crippen LogP contribution in [0.25, 0.3) is 67.3 Å². The van der Waals surface area contributed by atoms with Gasteiger partial charge in [0.15, 0.2) is 11.6 Å². The molecular weight excluding hydrogens is 526 g/mol. The van der Waals surface area contributed by atoms with Gasteiger partial charge in [-0.1, -0.05) is 129 Å². The van der Waals surface area contributed by atoms with Crippen LogP contribution >= 0.6 is 0 Å². The van der Waals surface area contributed by atoms with Crippen LogP contribution in [-0.4, -0.2) is 24.1 Å². The smallest absolute Gasteiger partial charge is 0.239 e. The molecule has 5 nitrogen and oxygen atoms in total. The number of benzene rings is 5. The number of aromatic nitrogens is 5. The fourth-order valence-corrected chi connectivity index (χ4v) is 6.98. The molecule has 0 saturated heterocycles. The molecule has 0 bridgehead atoms. The first-order valence-electron chi connectivity index (χ1n) is 14.7. The number of hydrogen-bond acceptors (Lipinski definition) is 3. The van der Waals surface area contributed by atoms with E-state index in [1.807, 2.05) is 36.4 Å². The van der Waals surface area contributed by atoms with Crippen molar-refractivity contribution in [3.05, 3.63) is 139 Å². The van der Waals surface area contributed by atoms with Crippen molar-refractivity contribution in [3.63, 3.8) is 0 Å². The summed E-state index contributed by atoms with van der Waals surface area (Å²) in [5, 5.41) is 3.63. The fourth-order valence-electron chi connectivity index (χ4n) is 6.98. The summed E-state index contributed by atoms with van der Waals surface area (Å²) in [7, 11) is 0. The first kappa shape index (κ1) is 24.1. The summed E-state index contributed by atoms with van der Waals surface area (Å²) in [6.45, 7) is 4.66. The number of hydrogen-bond donors (Lipinski definition) is 0. The van der Waals surface area contributed by atoms with Gasteiger partial charge < -0.3 is 0 Å². The van der Waals surface area contributed by atoms with Crippen LogP contribution in [0, 0.1) is 0 Å². The molecule has 204 valence electrons. The molecule has 1 aliphatic rings. The van der Waals surface area contributed by atoms with E-state index in [-0.39, 0.29) is 5.41 Å². The van der Waals surface area contributed by atoms with E-state index >= 15 is 0 Å². The van der Waals surface area contributed by atoms with Gasteiger partial charge in [-0.15, -0.1) is 0 Å². The first-order chi connectivity index (χ1) is 21.1. The second-order valence-electron chi connectivity index (χ2n) is 11.7. The summed E-state index contributed by atoms with van der Waals surface area (Å²) < 4.78 is 4.68. The van der Waals surface area contributed by atoms with Crippen molar-refractivity contribution >= 4 is 32.8 Å². The number of fused-ring (bicyclic) bond motifs is 7. The molecule has 43 heavy (non-hydrogen) atoms. The van der Waals surface area contributed by atoms with Gasteiger partial charge in [-0.2, -0.15) is 9.97 Å². The van der Waals surface area contributed by atoms with E-state index in [2.05, 4.69) is 114 Å². The van der Waals surface area contributed by atoms with Gasteiger partial charge in [0.25, 0.3) is 0 Å². The molecule has 0 unspecified atom stereocenters. The lowest BCUT2D eigenvalue weighted by molar-refractivity contribution is 0.629. The van der Waals surface area contributed by atoms with Crippen LogP contribution in [0.2, 0.25) is 0 Å². The number of nitrogens with zero attached hydrogens (tertiary/aromatic N) is 5. The molecule has 1 aliphatic heterocycles. The molecule has 0 saturated carbocycles. The zero-order chi connectivity index (χ0) is 28.7. The Hall–Kier alpha value is -5.55. The van der Waals surface area contributed by atoms with E-state index in [1.54, 1.807) is 0 Å². The molecule has 0 aliphatic carbocycles. The average molecular weight is 554 g/mol. The van der Waals surface area contributed by atoms with Crippen LogP contribution in [0.4, 0.5) is 0 Å². The predicted molar refractivity (Wildman–Crippen MR) is 174 cm³/mol. The van der Waals surface area contributed by atoms with Crippen LogP contribution in [0.5, 0.6) is 0 Å². The van der Waals surface area contributed by atoms with Crippen LogP contribution in [-0.2, 0) is 5.41 Å². The zero-order valence-corrected chi connectivity index (χ0v) is 23.9. The van der Waals surface area contributed by atoms with E-state index in [4.69, 9.17) is 15.0 Å². The van der Waals surface area contributed by atoms with Crippen molar-refractivity contribution < 1.29 is 0 Å². The lowest BCUT2D eigenvalue weighted by atomic mass is 9.75. The van der Waals surface area contributed by atoms with Crippen molar-refractivity contribution in [2.75, 3.05) is 0 Å². The third kappa shape index (κ3) is 3.30. The summed E-state index contributed by atoms with van der Waals surface area (Å²) in [5.41, 5.74) is 8.95. The standard InChI is InChI=1S/C38H27N5/c1-38(2)28-20-10-12-23-31(28)42-33-27(19-13-21-29(33)38)32-26-18-9-11-22-30(26)43(36(32)42)37-40-34(24-14-5-3-6-15-24)39-35(41-37)25-16-7-4-8-17-25/h3-23H,1-2H3. The van der Waals surface area contributed by atoms with Gasteiger partial charge in [0.2, 0.25) is 5.95 Å². The minimum atomic E-state index is -0.142. The van der Waals surface area contributed by atoms with Gasteiger partial charge in [-0.25, -0.2) is 4.98 Å². The second-order valence-corrected chi connectivity index (χ2v) is 11.7. The van der Waals surface area contributed by atoms with Gasteiger partial charge in [-0.05, 0) is 23.3 Å². The van der Waals surface area contributed by atoms with Crippen molar-refractivity contribution in [3.8, 4) is 34.4 Å². The Morgan fingerprint density at radius 2 is 1.09 bits per heavy atom. The van der Waals surface area contributed by atoms with E-state index in [1.165, 1.54) is 38.5 Å². The third-order valence-corrected chi connectivity index (χ3v) is 8.97. The van der Waals surface area contributed by atoms with E-state index < -0.39 is 0 Å². The molecule has 4 heterocycles. The Balaban J connectivity index is 1.48. The molecule has 3 aromatic heterocycles. The van der Waals surface area contributed by atoms with Crippen LogP contribution in [0.1, 0.15) is 25.0 Å². The molecule has 0 atom stereocenters. The normalized spacial score (nSPS) is 13.5. The Labute approximate surface area is 248 Å². The monoisotopic (exact) mass is 553 g/mol. The topological polar surface area (TPSA) is 48.5 Å². The van der Waals surface area contributed by atoms with Crippen LogP contribution < -0.4 is 0 Å². The van der Waals surface area contributed by atoms with Crippen molar-refractivity contribution in [2.45, 2.75) is 19.3 Å². The highest BCUT2D eigenvalue weighted by molar-refractivity contribution is 6.23. The van der Waals surface area contributed by atoms with Gasteiger partial charge >= 0.3 is 0 Å². The predicted octanol–water partition coefficient (Wildman–Crippen LogP) is 8.89. The Kier molecular flexibility index (Phi) is 4.89. The maximum Gasteiger partial charge on any atom is 0.239 e.